The van der Waals surface area contributed by atoms with Gasteiger partial charge in [0.05, 0.1) is 27.3 Å². The van der Waals surface area contributed by atoms with E-state index in [1.165, 1.54) is 11.8 Å². The molecule has 26 heavy (non-hydrogen) atoms. The molecule has 132 valence electrons. The van der Waals surface area contributed by atoms with Gasteiger partial charge in [-0.15, -0.1) is 0 Å². The van der Waals surface area contributed by atoms with E-state index >= 15 is 0 Å². The summed E-state index contributed by atoms with van der Waals surface area (Å²) < 4.78 is 1.99. The van der Waals surface area contributed by atoms with Crippen LogP contribution in [-0.4, -0.2) is 30.7 Å². The van der Waals surface area contributed by atoms with Gasteiger partial charge in [0.2, 0.25) is 5.91 Å². The summed E-state index contributed by atoms with van der Waals surface area (Å²) in [4.78, 5) is 33.8. The quantitative estimate of drug-likeness (QED) is 0.483. The number of para-hydroxylation sites is 2. The summed E-state index contributed by atoms with van der Waals surface area (Å²) in [7, 11) is 1.94. The third kappa shape index (κ3) is 2.99. The predicted molar refractivity (Wildman–Crippen MR) is 104 cm³/mol. The number of nitrogens with one attached hydrogen (secondary N) is 3. The Morgan fingerprint density at radius 1 is 1.19 bits per heavy atom. The molecule has 0 saturated carbocycles. The molecule has 0 bridgehead atoms. The van der Waals surface area contributed by atoms with Crippen LogP contribution in [0.25, 0.3) is 22.1 Å². The van der Waals surface area contributed by atoms with Gasteiger partial charge in [-0.3, -0.25) is 4.79 Å². The van der Waals surface area contributed by atoms with Gasteiger partial charge in [-0.1, -0.05) is 23.9 Å². The number of amides is 1. The maximum Gasteiger partial charge on any atom is 0.323 e. The smallest absolute Gasteiger partial charge is 0.323 e. The molecule has 3 N–H and O–H groups in total. The second-order valence-corrected chi connectivity index (χ2v) is 7.34. The van der Waals surface area contributed by atoms with Crippen molar-refractivity contribution in [1.82, 2.24) is 19.5 Å². The second kappa shape index (κ2) is 6.38. The minimum atomic E-state index is -0.327. The van der Waals surface area contributed by atoms with Crippen molar-refractivity contribution in [3.05, 3.63) is 52.9 Å². The third-order valence-corrected chi connectivity index (χ3v) is 5.32. The molecule has 4 aromatic rings. The highest BCUT2D eigenvalue weighted by molar-refractivity contribution is 8.00. The fraction of sp³-hybridized carbons (Fsp3) is 0.167. The number of carbonyl (C=O) groups excluding carboxylic acids is 1. The number of nitrogens with zero attached hydrogens (tertiary/aromatic N) is 2. The number of imidazole rings is 2. The zero-order valence-electron chi connectivity index (χ0n) is 14.2. The molecule has 2 aromatic carbocycles. The van der Waals surface area contributed by atoms with Crippen molar-refractivity contribution in [2.75, 3.05) is 5.32 Å². The zero-order chi connectivity index (χ0) is 18.3. The van der Waals surface area contributed by atoms with Crippen molar-refractivity contribution in [2.24, 2.45) is 7.05 Å². The van der Waals surface area contributed by atoms with Crippen molar-refractivity contribution in [2.45, 2.75) is 17.3 Å². The first-order valence-corrected chi connectivity index (χ1v) is 9.00. The van der Waals surface area contributed by atoms with E-state index in [-0.39, 0.29) is 16.8 Å². The van der Waals surface area contributed by atoms with E-state index in [0.717, 1.165) is 16.2 Å². The maximum absolute atomic E-state index is 12.5. The van der Waals surface area contributed by atoms with Gasteiger partial charge in [-0.2, -0.15) is 0 Å². The summed E-state index contributed by atoms with van der Waals surface area (Å²) in [5.74, 6) is -0.126. The van der Waals surface area contributed by atoms with E-state index in [1.54, 1.807) is 18.2 Å². The molecule has 0 aliphatic carbocycles. The number of thioether (sulfide) groups is 1. The lowest BCUT2D eigenvalue weighted by Crippen LogP contribution is -2.22. The molecule has 2 heterocycles. The zero-order valence-corrected chi connectivity index (χ0v) is 15.1. The molecule has 1 amide bonds. The number of hydrogen-bond acceptors (Lipinski definition) is 4. The van der Waals surface area contributed by atoms with Crippen LogP contribution in [0.15, 0.2) is 52.4 Å². The van der Waals surface area contributed by atoms with Crippen LogP contribution >= 0.6 is 11.8 Å². The number of rotatable bonds is 4. The van der Waals surface area contributed by atoms with E-state index in [2.05, 4.69) is 20.3 Å². The van der Waals surface area contributed by atoms with Crippen molar-refractivity contribution in [3.63, 3.8) is 0 Å². The lowest BCUT2D eigenvalue weighted by molar-refractivity contribution is -0.115. The number of aryl methyl sites for hydroxylation is 1. The van der Waals surface area contributed by atoms with E-state index in [1.807, 2.05) is 42.8 Å². The molecule has 0 fully saturated rings. The third-order valence-electron chi connectivity index (χ3n) is 4.18. The van der Waals surface area contributed by atoms with Gasteiger partial charge in [0.1, 0.15) is 0 Å². The molecule has 0 radical (unpaired) electrons. The van der Waals surface area contributed by atoms with Crippen LogP contribution in [0.5, 0.6) is 0 Å². The van der Waals surface area contributed by atoms with E-state index in [4.69, 9.17) is 0 Å². The number of benzene rings is 2. The van der Waals surface area contributed by atoms with E-state index in [9.17, 15) is 9.59 Å². The van der Waals surface area contributed by atoms with Crippen molar-refractivity contribution in [3.8, 4) is 0 Å². The Morgan fingerprint density at radius 2 is 1.96 bits per heavy atom. The summed E-state index contributed by atoms with van der Waals surface area (Å²) in [5, 5.41) is 3.35. The minimum Gasteiger partial charge on any atom is -0.325 e. The van der Waals surface area contributed by atoms with Crippen LogP contribution in [0, 0.1) is 0 Å². The first kappa shape index (κ1) is 16.5. The fourth-order valence-electron chi connectivity index (χ4n) is 2.79. The summed E-state index contributed by atoms with van der Waals surface area (Å²) in [5.41, 5.74) is 3.67. The number of aromatic nitrogens is 4. The number of carbonyl (C=O) groups is 1. The molecule has 4 rings (SSSR count). The van der Waals surface area contributed by atoms with E-state index < -0.39 is 0 Å². The SMILES string of the molecule is C[C@H](Sc1nc2ccccc2n1C)C(=O)Nc1ccc2[nH]c(=O)[nH]c2c1. The van der Waals surface area contributed by atoms with Gasteiger partial charge >= 0.3 is 5.69 Å². The molecule has 7 nitrogen and oxygen atoms in total. The van der Waals surface area contributed by atoms with Crippen LogP contribution in [0.1, 0.15) is 6.92 Å². The Kier molecular flexibility index (Phi) is 4.04. The van der Waals surface area contributed by atoms with Crippen LogP contribution in [0.4, 0.5) is 5.69 Å². The Labute approximate surface area is 152 Å². The van der Waals surface area contributed by atoms with Gasteiger partial charge in [-0.05, 0) is 37.3 Å². The van der Waals surface area contributed by atoms with Crippen LogP contribution in [-0.2, 0) is 11.8 Å². The Balaban J connectivity index is 1.51. The number of aromatic amines is 2. The largest absolute Gasteiger partial charge is 0.325 e. The van der Waals surface area contributed by atoms with Gasteiger partial charge in [0, 0.05) is 12.7 Å². The van der Waals surface area contributed by atoms with Gasteiger partial charge in [0.15, 0.2) is 5.16 Å². The summed E-state index contributed by atoms with van der Waals surface area (Å²) in [6, 6.07) is 13.1. The molecule has 2 aromatic heterocycles. The Morgan fingerprint density at radius 3 is 2.77 bits per heavy atom. The van der Waals surface area contributed by atoms with Gasteiger partial charge in [-0.25, -0.2) is 9.78 Å². The first-order valence-electron chi connectivity index (χ1n) is 8.12. The van der Waals surface area contributed by atoms with Crippen LogP contribution in [0.2, 0.25) is 0 Å². The first-order chi connectivity index (χ1) is 12.5. The fourth-order valence-corrected chi connectivity index (χ4v) is 3.68. The average Bonchev–Trinajstić information content (AvgIpc) is 3.14. The molecule has 0 aliphatic rings. The Hall–Kier alpha value is -3.00. The molecule has 8 heteroatoms. The lowest BCUT2D eigenvalue weighted by Gasteiger charge is -2.12. The summed E-state index contributed by atoms with van der Waals surface area (Å²) in [6.07, 6.45) is 0. The molecule has 0 saturated heterocycles. The Bertz CT molecular complexity index is 1170. The number of anilines is 1. The normalized spacial score (nSPS) is 12.5. The summed E-state index contributed by atoms with van der Waals surface area (Å²) in [6.45, 7) is 1.84. The molecular weight excluding hydrogens is 350 g/mol. The number of fused-ring (bicyclic) bond motifs is 2. The average molecular weight is 367 g/mol. The highest BCUT2D eigenvalue weighted by Gasteiger charge is 2.18. The molecule has 0 unspecified atom stereocenters. The minimum absolute atomic E-state index is 0.126. The number of H-pyrrole nitrogens is 2. The second-order valence-electron chi connectivity index (χ2n) is 6.03. The molecule has 0 spiro atoms. The predicted octanol–water partition coefficient (Wildman–Crippen LogP) is 2.86. The topological polar surface area (TPSA) is 95.6 Å². The number of hydrogen-bond donors (Lipinski definition) is 3. The van der Waals surface area contributed by atoms with Crippen LogP contribution in [0.3, 0.4) is 0 Å². The van der Waals surface area contributed by atoms with Gasteiger partial charge < -0.3 is 19.9 Å². The molecule has 0 aliphatic heterocycles. The van der Waals surface area contributed by atoms with Crippen LogP contribution < -0.4 is 11.0 Å². The summed E-state index contributed by atoms with van der Waals surface area (Å²) >= 11 is 1.41. The monoisotopic (exact) mass is 367 g/mol. The van der Waals surface area contributed by atoms with Gasteiger partial charge in [0.25, 0.3) is 0 Å². The standard InChI is InChI=1S/C18H17N5O2S/c1-10(26-18-22-13-5-3-4-6-15(13)23(18)2)16(24)19-11-7-8-12-14(9-11)21-17(25)20-12/h3-10H,1-2H3,(H,19,24)(H2,20,21,25)/t10-/m0/s1. The molecule has 1 atom stereocenters. The highest BCUT2D eigenvalue weighted by atomic mass is 32.2. The van der Waals surface area contributed by atoms with Crippen molar-refractivity contribution < 1.29 is 4.79 Å². The lowest BCUT2D eigenvalue weighted by atomic mass is 10.2. The molecular formula is C18H17N5O2S. The van der Waals surface area contributed by atoms with Crippen molar-refractivity contribution in [1.29, 1.82) is 0 Å². The maximum atomic E-state index is 12.5. The van der Waals surface area contributed by atoms with Crippen molar-refractivity contribution >= 4 is 45.4 Å². The van der Waals surface area contributed by atoms with E-state index in [0.29, 0.717) is 16.7 Å². The highest BCUT2D eigenvalue weighted by Crippen LogP contribution is 2.27.